The number of hydrogen-bond acceptors (Lipinski definition) is 4. The van der Waals surface area contributed by atoms with Crippen molar-refractivity contribution in [1.82, 2.24) is 4.98 Å². The SMILES string of the molecule is COc1ccc(-c2ccc(CO)c(OC)n2)cc1. The molecule has 0 saturated heterocycles. The van der Waals surface area contributed by atoms with Gasteiger partial charge in [0.1, 0.15) is 5.75 Å². The zero-order chi connectivity index (χ0) is 13.0. The van der Waals surface area contributed by atoms with E-state index in [4.69, 9.17) is 14.6 Å². The zero-order valence-corrected chi connectivity index (χ0v) is 10.4. The van der Waals surface area contributed by atoms with E-state index in [9.17, 15) is 0 Å². The van der Waals surface area contributed by atoms with Gasteiger partial charge in [-0.25, -0.2) is 4.98 Å². The number of ether oxygens (including phenoxy) is 2. The van der Waals surface area contributed by atoms with Gasteiger partial charge in [-0.1, -0.05) is 0 Å². The lowest BCUT2D eigenvalue weighted by Crippen LogP contribution is -1.96. The molecular formula is C14H15NO3. The molecular weight excluding hydrogens is 230 g/mol. The number of pyridine rings is 1. The van der Waals surface area contributed by atoms with E-state index in [1.54, 1.807) is 14.2 Å². The number of rotatable bonds is 4. The summed E-state index contributed by atoms with van der Waals surface area (Å²) in [5.41, 5.74) is 2.44. The second-order valence-corrected chi connectivity index (χ2v) is 3.75. The number of benzene rings is 1. The van der Waals surface area contributed by atoms with Gasteiger partial charge in [0.05, 0.1) is 26.5 Å². The Balaban J connectivity index is 2.37. The lowest BCUT2D eigenvalue weighted by Gasteiger charge is -2.08. The number of aromatic nitrogens is 1. The Morgan fingerprint density at radius 1 is 1.00 bits per heavy atom. The first kappa shape index (κ1) is 12.4. The van der Waals surface area contributed by atoms with Crippen LogP contribution in [-0.4, -0.2) is 24.3 Å². The van der Waals surface area contributed by atoms with E-state index >= 15 is 0 Å². The highest BCUT2D eigenvalue weighted by molar-refractivity contribution is 5.61. The summed E-state index contributed by atoms with van der Waals surface area (Å²) < 4.78 is 10.3. The maximum atomic E-state index is 9.14. The van der Waals surface area contributed by atoms with Crippen molar-refractivity contribution in [3.05, 3.63) is 42.0 Å². The minimum absolute atomic E-state index is 0.0843. The van der Waals surface area contributed by atoms with Crippen LogP contribution < -0.4 is 9.47 Å². The molecule has 0 fully saturated rings. The average Bonchev–Trinajstić information content (AvgIpc) is 2.46. The van der Waals surface area contributed by atoms with Crippen molar-refractivity contribution < 1.29 is 14.6 Å². The molecule has 0 amide bonds. The van der Waals surface area contributed by atoms with Crippen molar-refractivity contribution in [2.45, 2.75) is 6.61 Å². The molecule has 1 N–H and O–H groups in total. The minimum Gasteiger partial charge on any atom is -0.497 e. The molecule has 0 aliphatic rings. The summed E-state index contributed by atoms with van der Waals surface area (Å²) in [4.78, 5) is 4.36. The van der Waals surface area contributed by atoms with Crippen molar-refractivity contribution >= 4 is 0 Å². The zero-order valence-electron chi connectivity index (χ0n) is 10.4. The summed E-state index contributed by atoms with van der Waals surface area (Å²) in [6, 6.07) is 11.3. The van der Waals surface area contributed by atoms with Crippen LogP contribution in [0, 0.1) is 0 Å². The topological polar surface area (TPSA) is 51.6 Å². The highest BCUT2D eigenvalue weighted by atomic mass is 16.5. The van der Waals surface area contributed by atoms with Gasteiger partial charge in [-0.05, 0) is 36.4 Å². The Morgan fingerprint density at radius 2 is 1.72 bits per heavy atom. The Bertz CT molecular complexity index is 523. The van der Waals surface area contributed by atoms with Crippen molar-refractivity contribution in [2.24, 2.45) is 0 Å². The second kappa shape index (κ2) is 5.51. The largest absolute Gasteiger partial charge is 0.497 e. The van der Waals surface area contributed by atoms with Gasteiger partial charge in [-0.2, -0.15) is 0 Å². The second-order valence-electron chi connectivity index (χ2n) is 3.75. The molecule has 94 valence electrons. The first-order valence-electron chi connectivity index (χ1n) is 5.57. The molecule has 0 atom stereocenters. The van der Waals surface area contributed by atoms with Crippen LogP contribution in [0.15, 0.2) is 36.4 Å². The van der Waals surface area contributed by atoms with Gasteiger partial charge in [-0.15, -0.1) is 0 Å². The predicted molar refractivity (Wildman–Crippen MR) is 68.7 cm³/mol. The summed E-state index contributed by atoms with van der Waals surface area (Å²) in [5.74, 6) is 1.25. The quantitative estimate of drug-likeness (QED) is 0.897. The summed E-state index contributed by atoms with van der Waals surface area (Å²) in [5, 5.41) is 9.14. The molecule has 1 aromatic carbocycles. The number of aliphatic hydroxyl groups is 1. The van der Waals surface area contributed by atoms with Crippen molar-refractivity contribution in [3.63, 3.8) is 0 Å². The molecule has 4 nitrogen and oxygen atoms in total. The average molecular weight is 245 g/mol. The van der Waals surface area contributed by atoms with Crippen LogP contribution >= 0.6 is 0 Å². The van der Waals surface area contributed by atoms with Gasteiger partial charge in [0, 0.05) is 11.1 Å². The molecule has 4 heteroatoms. The normalized spacial score (nSPS) is 10.2. The number of nitrogens with zero attached hydrogens (tertiary/aromatic N) is 1. The van der Waals surface area contributed by atoms with E-state index < -0.39 is 0 Å². The van der Waals surface area contributed by atoms with E-state index in [1.165, 1.54) is 0 Å². The van der Waals surface area contributed by atoms with Gasteiger partial charge < -0.3 is 14.6 Å². The molecule has 0 spiro atoms. The lowest BCUT2D eigenvalue weighted by atomic mass is 10.1. The Labute approximate surface area is 106 Å². The van der Waals surface area contributed by atoms with Crippen LogP contribution in [-0.2, 0) is 6.61 Å². The maximum Gasteiger partial charge on any atom is 0.219 e. The summed E-state index contributed by atoms with van der Waals surface area (Å²) in [7, 11) is 3.17. The van der Waals surface area contributed by atoms with Crippen molar-refractivity contribution in [3.8, 4) is 22.9 Å². The molecule has 18 heavy (non-hydrogen) atoms. The first-order valence-corrected chi connectivity index (χ1v) is 5.57. The van der Waals surface area contributed by atoms with Crippen LogP contribution in [0.25, 0.3) is 11.3 Å². The van der Waals surface area contributed by atoms with Crippen LogP contribution in [0.1, 0.15) is 5.56 Å². The molecule has 0 bridgehead atoms. The van der Waals surface area contributed by atoms with Gasteiger partial charge in [-0.3, -0.25) is 0 Å². The number of hydrogen-bond donors (Lipinski definition) is 1. The summed E-state index contributed by atoms with van der Waals surface area (Å²) in [6.45, 7) is -0.0843. The standard InChI is InChI=1S/C14H15NO3/c1-17-12-6-3-10(4-7-12)13-8-5-11(9-16)14(15-13)18-2/h3-8,16H,9H2,1-2H3. The Hall–Kier alpha value is -2.07. The number of aliphatic hydroxyl groups excluding tert-OH is 1. The first-order chi connectivity index (χ1) is 8.78. The molecule has 0 saturated carbocycles. The molecule has 0 radical (unpaired) electrons. The van der Waals surface area contributed by atoms with Crippen LogP contribution in [0.2, 0.25) is 0 Å². The molecule has 2 aromatic rings. The van der Waals surface area contributed by atoms with Gasteiger partial charge in [0.2, 0.25) is 5.88 Å². The fraction of sp³-hybridized carbons (Fsp3) is 0.214. The summed E-state index contributed by atoms with van der Waals surface area (Å²) >= 11 is 0. The van der Waals surface area contributed by atoms with E-state index in [0.717, 1.165) is 17.0 Å². The van der Waals surface area contributed by atoms with Crippen LogP contribution in [0.4, 0.5) is 0 Å². The molecule has 0 aliphatic heterocycles. The maximum absolute atomic E-state index is 9.14. The van der Waals surface area contributed by atoms with E-state index in [-0.39, 0.29) is 6.61 Å². The van der Waals surface area contributed by atoms with E-state index in [1.807, 2.05) is 36.4 Å². The molecule has 1 aromatic heterocycles. The third kappa shape index (κ3) is 2.43. The van der Waals surface area contributed by atoms with E-state index in [2.05, 4.69) is 4.98 Å². The highest BCUT2D eigenvalue weighted by Crippen LogP contribution is 2.24. The Morgan fingerprint density at radius 3 is 2.28 bits per heavy atom. The highest BCUT2D eigenvalue weighted by Gasteiger charge is 2.07. The Kier molecular flexibility index (Phi) is 3.79. The van der Waals surface area contributed by atoms with Crippen molar-refractivity contribution in [1.29, 1.82) is 0 Å². The third-order valence-electron chi connectivity index (χ3n) is 2.69. The smallest absolute Gasteiger partial charge is 0.219 e. The van der Waals surface area contributed by atoms with E-state index in [0.29, 0.717) is 11.4 Å². The van der Waals surface area contributed by atoms with Crippen LogP contribution in [0.3, 0.4) is 0 Å². The van der Waals surface area contributed by atoms with Gasteiger partial charge >= 0.3 is 0 Å². The summed E-state index contributed by atoms with van der Waals surface area (Å²) in [6.07, 6.45) is 0. The van der Waals surface area contributed by atoms with Gasteiger partial charge in [0.25, 0.3) is 0 Å². The van der Waals surface area contributed by atoms with Crippen LogP contribution in [0.5, 0.6) is 11.6 Å². The monoisotopic (exact) mass is 245 g/mol. The molecule has 1 heterocycles. The predicted octanol–water partition coefficient (Wildman–Crippen LogP) is 2.26. The molecule has 2 rings (SSSR count). The molecule has 0 unspecified atom stereocenters. The fourth-order valence-corrected chi connectivity index (χ4v) is 1.69. The third-order valence-corrected chi connectivity index (χ3v) is 2.69. The van der Waals surface area contributed by atoms with Gasteiger partial charge in [0.15, 0.2) is 0 Å². The van der Waals surface area contributed by atoms with Crippen molar-refractivity contribution in [2.75, 3.05) is 14.2 Å². The minimum atomic E-state index is -0.0843. The fourth-order valence-electron chi connectivity index (χ4n) is 1.69. The number of methoxy groups -OCH3 is 2. The molecule has 0 aliphatic carbocycles. The lowest BCUT2D eigenvalue weighted by molar-refractivity contribution is 0.271.